The Bertz CT molecular complexity index is 1190. The van der Waals surface area contributed by atoms with Gasteiger partial charge in [0.05, 0.1) is 23.3 Å². The van der Waals surface area contributed by atoms with Gasteiger partial charge < -0.3 is 4.74 Å². The Labute approximate surface area is 192 Å². The van der Waals surface area contributed by atoms with Gasteiger partial charge in [0, 0.05) is 10.5 Å². The summed E-state index contributed by atoms with van der Waals surface area (Å²) in [6.07, 6.45) is 0. The number of benzene rings is 3. The number of para-hydroxylation sites is 1. The van der Waals surface area contributed by atoms with E-state index < -0.39 is 0 Å². The highest BCUT2D eigenvalue weighted by atomic mass is 32.2. The molecular weight excluding hydrogens is 418 g/mol. The number of carbonyl (C=O) groups is 2. The summed E-state index contributed by atoms with van der Waals surface area (Å²) in [5, 5.41) is 0. The second kappa shape index (κ2) is 8.67. The molecule has 1 aliphatic rings. The molecule has 0 saturated carbocycles. The molecule has 0 unspecified atom stereocenters. The smallest absolute Gasteiger partial charge is 0.272 e. The van der Waals surface area contributed by atoms with Crippen molar-refractivity contribution in [2.75, 3.05) is 12.0 Å². The molecule has 0 aliphatic carbocycles. The van der Waals surface area contributed by atoms with Crippen LogP contribution in [0.2, 0.25) is 0 Å². The number of carbonyl (C=O) groups excluding carboxylic acids is 2. The zero-order valence-electron chi connectivity index (χ0n) is 18.6. The predicted molar refractivity (Wildman–Crippen MR) is 130 cm³/mol. The number of methoxy groups -OCH3 is 1. The van der Waals surface area contributed by atoms with Crippen LogP contribution in [0.25, 0.3) is 5.57 Å². The highest BCUT2D eigenvalue weighted by Crippen LogP contribution is 2.43. The first-order valence-electron chi connectivity index (χ1n) is 10.4. The van der Waals surface area contributed by atoms with Gasteiger partial charge in [-0.15, -0.1) is 0 Å². The summed E-state index contributed by atoms with van der Waals surface area (Å²) in [7, 11) is 1.56. The van der Waals surface area contributed by atoms with Crippen LogP contribution in [0.4, 0.5) is 5.69 Å². The Hall–Kier alpha value is -3.31. The zero-order valence-corrected chi connectivity index (χ0v) is 19.4. The molecule has 32 heavy (non-hydrogen) atoms. The maximum absolute atomic E-state index is 13.6. The minimum absolute atomic E-state index is 0.0211. The number of anilines is 1. The first-order valence-corrected chi connectivity index (χ1v) is 11.2. The largest absolute Gasteiger partial charge is 0.496 e. The van der Waals surface area contributed by atoms with Gasteiger partial charge in [0.2, 0.25) is 0 Å². The number of hydrogen-bond donors (Lipinski definition) is 0. The summed E-state index contributed by atoms with van der Waals surface area (Å²) in [6.45, 7) is 6.39. The molecule has 3 aromatic carbocycles. The summed E-state index contributed by atoms with van der Waals surface area (Å²) in [4.78, 5) is 29.8. The van der Waals surface area contributed by atoms with Crippen molar-refractivity contribution in [3.8, 4) is 5.75 Å². The SMILES string of the molecule is COc1ccccc1C1=C(Sc2ccccc2)C(=O)N(c2ccc(C(C)(C)C)cc2)C1=O. The molecule has 0 spiro atoms. The summed E-state index contributed by atoms with van der Waals surface area (Å²) >= 11 is 1.30. The van der Waals surface area contributed by atoms with Crippen molar-refractivity contribution in [2.45, 2.75) is 31.1 Å². The van der Waals surface area contributed by atoms with E-state index in [0.29, 0.717) is 27.5 Å². The Kier molecular flexibility index (Phi) is 5.94. The maximum atomic E-state index is 13.6. The standard InChI is InChI=1S/C27H25NO3S/c1-27(2,3)18-14-16-19(17-15-18)28-25(29)23(21-12-8-9-13-22(21)31-4)24(26(28)30)32-20-10-6-5-7-11-20/h5-17H,1-4H3. The lowest BCUT2D eigenvalue weighted by atomic mass is 9.87. The van der Waals surface area contributed by atoms with Gasteiger partial charge in [-0.05, 0) is 41.3 Å². The topological polar surface area (TPSA) is 46.6 Å². The number of ether oxygens (including phenoxy) is 1. The van der Waals surface area contributed by atoms with E-state index in [0.717, 1.165) is 10.5 Å². The van der Waals surface area contributed by atoms with Gasteiger partial charge in [-0.2, -0.15) is 0 Å². The normalized spacial score (nSPS) is 14.3. The molecule has 3 aromatic rings. The van der Waals surface area contributed by atoms with Crippen LogP contribution in [0.5, 0.6) is 5.75 Å². The molecule has 0 saturated heterocycles. The number of amides is 2. The lowest BCUT2D eigenvalue weighted by molar-refractivity contribution is -0.119. The fourth-order valence-corrected chi connectivity index (χ4v) is 4.65. The van der Waals surface area contributed by atoms with Gasteiger partial charge >= 0.3 is 0 Å². The lowest BCUT2D eigenvalue weighted by Gasteiger charge is -2.21. The van der Waals surface area contributed by atoms with Crippen LogP contribution >= 0.6 is 11.8 Å². The summed E-state index contributed by atoms with van der Waals surface area (Å²) < 4.78 is 5.51. The van der Waals surface area contributed by atoms with E-state index in [-0.39, 0.29) is 17.2 Å². The number of hydrogen-bond acceptors (Lipinski definition) is 4. The molecule has 162 valence electrons. The highest BCUT2D eigenvalue weighted by Gasteiger charge is 2.41. The molecule has 4 rings (SSSR count). The van der Waals surface area contributed by atoms with Crippen LogP contribution in [-0.4, -0.2) is 18.9 Å². The summed E-state index contributed by atoms with van der Waals surface area (Å²) in [5.74, 6) is -0.116. The van der Waals surface area contributed by atoms with Crippen LogP contribution in [0.1, 0.15) is 31.9 Å². The predicted octanol–water partition coefficient (Wildman–Crippen LogP) is 6.07. The molecular formula is C27H25NO3S. The van der Waals surface area contributed by atoms with Gasteiger partial charge in [-0.1, -0.05) is 81.1 Å². The van der Waals surface area contributed by atoms with Crippen molar-refractivity contribution in [3.63, 3.8) is 0 Å². The van der Waals surface area contributed by atoms with Crippen LogP contribution in [0, 0.1) is 0 Å². The Morgan fingerprint density at radius 1 is 0.781 bits per heavy atom. The third-order valence-corrected chi connectivity index (χ3v) is 6.46. The third-order valence-electron chi connectivity index (χ3n) is 5.37. The average molecular weight is 444 g/mol. The van der Waals surface area contributed by atoms with E-state index in [9.17, 15) is 9.59 Å². The average Bonchev–Trinajstić information content (AvgIpc) is 3.03. The lowest BCUT2D eigenvalue weighted by Crippen LogP contribution is -2.31. The molecule has 0 bridgehead atoms. The van der Waals surface area contributed by atoms with Crippen molar-refractivity contribution < 1.29 is 14.3 Å². The molecule has 1 heterocycles. The molecule has 0 N–H and O–H groups in total. The van der Waals surface area contributed by atoms with Crippen molar-refractivity contribution in [1.82, 2.24) is 0 Å². The van der Waals surface area contributed by atoms with Crippen LogP contribution in [0.3, 0.4) is 0 Å². The van der Waals surface area contributed by atoms with Crippen LogP contribution in [0.15, 0.2) is 88.7 Å². The van der Waals surface area contributed by atoms with Gasteiger partial charge in [0.25, 0.3) is 11.8 Å². The second-order valence-electron chi connectivity index (χ2n) is 8.56. The second-order valence-corrected chi connectivity index (χ2v) is 9.65. The summed E-state index contributed by atoms with van der Waals surface area (Å²) in [6, 6.07) is 24.5. The molecule has 0 fully saturated rings. The maximum Gasteiger partial charge on any atom is 0.272 e. The fourth-order valence-electron chi connectivity index (χ4n) is 3.64. The monoisotopic (exact) mass is 443 g/mol. The molecule has 5 heteroatoms. The first-order chi connectivity index (χ1) is 15.3. The molecule has 4 nitrogen and oxygen atoms in total. The van der Waals surface area contributed by atoms with Gasteiger partial charge in [-0.3, -0.25) is 9.59 Å². The van der Waals surface area contributed by atoms with E-state index in [4.69, 9.17) is 4.74 Å². The molecule has 0 atom stereocenters. The van der Waals surface area contributed by atoms with E-state index in [1.54, 1.807) is 13.2 Å². The van der Waals surface area contributed by atoms with Crippen LogP contribution in [-0.2, 0) is 15.0 Å². The van der Waals surface area contributed by atoms with Crippen LogP contribution < -0.4 is 9.64 Å². The molecule has 0 radical (unpaired) electrons. The Morgan fingerprint density at radius 2 is 1.41 bits per heavy atom. The molecule has 1 aliphatic heterocycles. The third kappa shape index (κ3) is 4.08. The van der Waals surface area contributed by atoms with Crippen molar-refractivity contribution >= 4 is 34.8 Å². The number of nitrogens with zero attached hydrogens (tertiary/aromatic N) is 1. The Morgan fingerprint density at radius 3 is 2.03 bits per heavy atom. The van der Waals surface area contributed by atoms with Crippen molar-refractivity contribution in [1.29, 1.82) is 0 Å². The van der Waals surface area contributed by atoms with Gasteiger partial charge in [0.15, 0.2) is 0 Å². The number of thioether (sulfide) groups is 1. The highest BCUT2D eigenvalue weighted by molar-refractivity contribution is 8.04. The zero-order chi connectivity index (χ0) is 22.9. The van der Waals surface area contributed by atoms with Crippen molar-refractivity contribution in [3.05, 3.63) is 94.9 Å². The molecule has 2 amide bonds. The first kappa shape index (κ1) is 21.9. The number of imide groups is 1. The minimum atomic E-state index is -0.346. The van der Waals surface area contributed by atoms with Gasteiger partial charge in [0.1, 0.15) is 5.75 Å². The van der Waals surface area contributed by atoms with Gasteiger partial charge in [-0.25, -0.2) is 4.90 Å². The van der Waals surface area contributed by atoms with E-state index in [2.05, 4.69) is 20.8 Å². The van der Waals surface area contributed by atoms with Crippen molar-refractivity contribution in [2.24, 2.45) is 0 Å². The summed E-state index contributed by atoms with van der Waals surface area (Å²) in [5.41, 5.74) is 2.65. The molecule has 0 aromatic heterocycles. The van der Waals surface area contributed by atoms with E-state index in [1.807, 2.05) is 72.8 Å². The Balaban J connectivity index is 1.81. The fraction of sp³-hybridized carbons (Fsp3) is 0.185. The quantitative estimate of drug-likeness (QED) is 0.449. The number of rotatable bonds is 5. The van der Waals surface area contributed by atoms with E-state index >= 15 is 0 Å². The minimum Gasteiger partial charge on any atom is -0.496 e. The van der Waals surface area contributed by atoms with E-state index in [1.165, 1.54) is 16.7 Å².